The van der Waals surface area contributed by atoms with Crippen LogP contribution in [0.3, 0.4) is 0 Å². The monoisotopic (exact) mass is 451 g/mol. The lowest BCUT2D eigenvalue weighted by Gasteiger charge is -2.25. The zero-order chi connectivity index (χ0) is 22.8. The number of rotatable bonds is 5. The number of aliphatic hydroxyl groups is 1. The Bertz CT molecular complexity index is 1210. The van der Waals surface area contributed by atoms with Crippen molar-refractivity contribution in [3.8, 4) is 5.75 Å². The lowest BCUT2D eigenvalue weighted by molar-refractivity contribution is -0.139. The van der Waals surface area contributed by atoms with Crippen molar-refractivity contribution in [1.29, 1.82) is 0 Å². The first kappa shape index (κ1) is 21.6. The van der Waals surface area contributed by atoms with Gasteiger partial charge < -0.3 is 15.1 Å². The van der Waals surface area contributed by atoms with Crippen LogP contribution in [0.15, 0.2) is 78.4 Å². The van der Waals surface area contributed by atoms with Crippen LogP contribution in [0, 0.1) is 5.82 Å². The molecular formula is C25H19ClFNO4. The number of carbonyl (C=O) groups excluding carboxylic acids is 2. The number of aliphatic hydroxyl groups excluding tert-OH is 1. The number of phenolic OH excluding ortho intramolecular Hbond substituents is 1. The van der Waals surface area contributed by atoms with Gasteiger partial charge in [0, 0.05) is 17.1 Å². The second-order valence-corrected chi connectivity index (χ2v) is 7.91. The normalized spacial score (nSPS) is 17.7. The van der Waals surface area contributed by atoms with Gasteiger partial charge in [-0.1, -0.05) is 35.9 Å². The molecule has 32 heavy (non-hydrogen) atoms. The Labute approximate surface area is 189 Å². The van der Waals surface area contributed by atoms with Gasteiger partial charge in [0.05, 0.1) is 11.6 Å². The maximum Gasteiger partial charge on any atom is 0.295 e. The lowest BCUT2D eigenvalue weighted by atomic mass is 9.95. The molecule has 0 aliphatic carbocycles. The van der Waals surface area contributed by atoms with Crippen molar-refractivity contribution < 1.29 is 24.2 Å². The standard InChI is InChI=1S/C25H19ClFNO4/c26-18-8-4-15(5-9-18)12-13-28-22(17-2-1-3-20(29)14-17)21(24(31)25(28)32)23(30)16-6-10-19(27)11-7-16/h1-11,14,22,29-30H,12-13H2/b23-21-. The summed E-state index contributed by atoms with van der Waals surface area (Å²) in [4.78, 5) is 27.3. The van der Waals surface area contributed by atoms with E-state index in [2.05, 4.69) is 0 Å². The number of phenols is 1. The van der Waals surface area contributed by atoms with E-state index in [1.54, 1.807) is 24.3 Å². The summed E-state index contributed by atoms with van der Waals surface area (Å²) in [6, 6.07) is 17.4. The van der Waals surface area contributed by atoms with Crippen molar-refractivity contribution in [1.82, 2.24) is 4.90 Å². The van der Waals surface area contributed by atoms with Gasteiger partial charge in [0.2, 0.25) is 0 Å². The second-order valence-electron chi connectivity index (χ2n) is 7.47. The molecule has 1 atom stereocenters. The summed E-state index contributed by atoms with van der Waals surface area (Å²) in [5.41, 5.74) is 1.50. The number of benzene rings is 3. The van der Waals surface area contributed by atoms with Crippen molar-refractivity contribution >= 4 is 29.1 Å². The molecule has 5 nitrogen and oxygen atoms in total. The molecule has 7 heteroatoms. The number of amides is 1. The fraction of sp³-hybridized carbons (Fsp3) is 0.120. The smallest absolute Gasteiger partial charge is 0.295 e. The van der Waals surface area contributed by atoms with Crippen LogP contribution in [0.2, 0.25) is 5.02 Å². The van der Waals surface area contributed by atoms with Crippen molar-refractivity contribution in [3.05, 3.63) is 106 Å². The minimum Gasteiger partial charge on any atom is -0.508 e. The van der Waals surface area contributed by atoms with Gasteiger partial charge in [-0.25, -0.2) is 4.39 Å². The summed E-state index contributed by atoms with van der Waals surface area (Å²) in [6.45, 7) is 0.201. The third-order valence-electron chi connectivity index (χ3n) is 5.40. The summed E-state index contributed by atoms with van der Waals surface area (Å²) >= 11 is 5.93. The number of carbonyl (C=O) groups is 2. The van der Waals surface area contributed by atoms with Gasteiger partial charge in [-0.15, -0.1) is 0 Å². The number of aromatic hydroxyl groups is 1. The van der Waals surface area contributed by atoms with Gasteiger partial charge in [-0.2, -0.15) is 0 Å². The molecule has 2 N–H and O–H groups in total. The van der Waals surface area contributed by atoms with Crippen LogP contribution in [0.1, 0.15) is 22.7 Å². The van der Waals surface area contributed by atoms with E-state index in [0.717, 1.165) is 17.7 Å². The molecule has 0 radical (unpaired) electrons. The Balaban J connectivity index is 1.77. The topological polar surface area (TPSA) is 77.8 Å². The third-order valence-corrected chi connectivity index (χ3v) is 5.65. The molecule has 0 bridgehead atoms. The largest absolute Gasteiger partial charge is 0.508 e. The highest BCUT2D eigenvalue weighted by Gasteiger charge is 2.45. The third kappa shape index (κ3) is 4.22. The first-order chi connectivity index (χ1) is 15.3. The Hall–Kier alpha value is -3.64. The predicted molar refractivity (Wildman–Crippen MR) is 119 cm³/mol. The molecule has 4 rings (SSSR count). The zero-order valence-electron chi connectivity index (χ0n) is 16.8. The minimum absolute atomic E-state index is 0.0347. The van der Waals surface area contributed by atoms with E-state index < -0.39 is 29.3 Å². The molecule has 1 fully saturated rings. The first-order valence-electron chi connectivity index (χ1n) is 9.93. The maximum absolute atomic E-state index is 13.3. The second kappa shape index (κ2) is 8.85. The molecule has 1 unspecified atom stereocenters. The van der Waals surface area contributed by atoms with Crippen LogP contribution >= 0.6 is 11.6 Å². The molecule has 1 aliphatic rings. The molecule has 1 aliphatic heterocycles. The van der Waals surface area contributed by atoms with E-state index in [1.165, 1.54) is 29.2 Å². The fourth-order valence-corrected chi connectivity index (χ4v) is 3.94. The first-order valence-corrected chi connectivity index (χ1v) is 10.3. The van der Waals surface area contributed by atoms with Gasteiger partial charge in [0.1, 0.15) is 17.3 Å². The van der Waals surface area contributed by atoms with E-state index in [9.17, 15) is 24.2 Å². The summed E-state index contributed by atoms with van der Waals surface area (Å²) in [5, 5.41) is 21.5. The number of nitrogens with zero attached hydrogens (tertiary/aromatic N) is 1. The van der Waals surface area contributed by atoms with E-state index in [0.29, 0.717) is 17.0 Å². The molecule has 1 saturated heterocycles. The number of hydrogen-bond acceptors (Lipinski definition) is 4. The molecular weight excluding hydrogens is 433 g/mol. The van der Waals surface area contributed by atoms with Crippen molar-refractivity contribution in [2.24, 2.45) is 0 Å². The highest BCUT2D eigenvalue weighted by molar-refractivity contribution is 6.46. The van der Waals surface area contributed by atoms with Gasteiger partial charge in [-0.3, -0.25) is 9.59 Å². The molecule has 3 aromatic rings. The molecule has 0 saturated carbocycles. The minimum atomic E-state index is -0.903. The molecule has 3 aromatic carbocycles. The number of halogens is 2. The van der Waals surface area contributed by atoms with Crippen molar-refractivity contribution in [2.45, 2.75) is 12.5 Å². The quantitative estimate of drug-likeness (QED) is 0.330. The average Bonchev–Trinajstić information content (AvgIpc) is 3.03. The SMILES string of the molecule is O=C1C(=O)N(CCc2ccc(Cl)cc2)C(c2cccc(O)c2)/C1=C(/O)c1ccc(F)cc1. The Morgan fingerprint density at radius 2 is 1.69 bits per heavy atom. The Morgan fingerprint density at radius 1 is 1.00 bits per heavy atom. The molecule has 1 heterocycles. The van der Waals surface area contributed by atoms with Crippen LogP contribution in [-0.2, 0) is 16.0 Å². The highest BCUT2D eigenvalue weighted by Crippen LogP contribution is 2.40. The van der Waals surface area contributed by atoms with Gasteiger partial charge in [0.15, 0.2) is 0 Å². The van der Waals surface area contributed by atoms with Crippen LogP contribution in [0.25, 0.3) is 5.76 Å². The van der Waals surface area contributed by atoms with Crippen molar-refractivity contribution in [3.63, 3.8) is 0 Å². The highest BCUT2D eigenvalue weighted by atomic mass is 35.5. The molecule has 1 amide bonds. The average molecular weight is 452 g/mol. The van der Waals surface area contributed by atoms with E-state index in [4.69, 9.17) is 11.6 Å². The summed E-state index contributed by atoms with van der Waals surface area (Å²) in [5.74, 6) is -2.51. The van der Waals surface area contributed by atoms with Gasteiger partial charge in [-0.05, 0) is 66.1 Å². The van der Waals surface area contributed by atoms with Crippen LogP contribution in [0.4, 0.5) is 4.39 Å². The number of Topliss-reactive ketones (excluding diaryl/α,β-unsaturated/α-hetero) is 1. The number of ketones is 1. The number of hydrogen-bond donors (Lipinski definition) is 2. The number of likely N-dealkylation sites (tertiary alicyclic amines) is 1. The molecule has 0 aromatic heterocycles. The summed E-state index contributed by atoms with van der Waals surface area (Å²) in [6.07, 6.45) is 0.454. The van der Waals surface area contributed by atoms with E-state index in [-0.39, 0.29) is 23.4 Å². The van der Waals surface area contributed by atoms with E-state index >= 15 is 0 Å². The fourth-order valence-electron chi connectivity index (χ4n) is 3.82. The predicted octanol–water partition coefficient (Wildman–Crippen LogP) is 4.85. The maximum atomic E-state index is 13.3. The summed E-state index contributed by atoms with van der Waals surface area (Å²) in [7, 11) is 0. The van der Waals surface area contributed by atoms with Crippen LogP contribution in [-0.4, -0.2) is 33.3 Å². The Morgan fingerprint density at radius 3 is 2.34 bits per heavy atom. The summed E-state index contributed by atoms with van der Waals surface area (Å²) < 4.78 is 13.3. The van der Waals surface area contributed by atoms with Gasteiger partial charge >= 0.3 is 0 Å². The Kier molecular flexibility index (Phi) is 5.97. The zero-order valence-corrected chi connectivity index (χ0v) is 17.6. The van der Waals surface area contributed by atoms with Crippen LogP contribution in [0.5, 0.6) is 5.75 Å². The lowest BCUT2D eigenvalue weighted by Crippen LogP contribution is -2.31. The van der Waals surface area contributed by atoms with E-state index in [1.807, 2.05) is 12.1 Å². The molecule has 162 valence electrons. The van der Waals surface area contributed by atoms with Gasteiger partial charge in [0.25, 0.3) is 11.7 Å². The van der Waals surface area contributed by atoms with Crippen LogP contribution < -0.4 is 0 Å². The molecule has 0 spiro atoms. The van der Waals surface area contributed by atoms with Crippen molar-refractivity contribution in [2.75, 3.05) is 6.54 Å².